The van der Waals surface area contributed by atoms with Gasteiger partial charge in [-0.2, -0.15) is 0 Å². The van der Waals surface area contributed by atoms with E-state index >= 15 is 0 Å². The van der Waals surface area contributed by atoms with Gasteiger partial charge in [0.25, 0.3) is 5.56 Å². The first-order valence-electron chi connectivity index (χ1n) is 7.33. The second-order valence-corrected chi connectivity index (χ2v) is 6.13. The van der Waals surface area contributed by atoms with Crippen LogP contribution in [0.2, 0.25) is 0 Å². The van der Waals surface area contributed by atoms with Crippen molar-refractivity contribution in [2.45, 2.75) is 25.0 Å². The number of aliphatic hydroxyl groups excluding tert-OH is 2. The molecule has 0 unspecified atom stereocenters. The van der Waals surface area contributed by atoms with Gasteiger partial charge >= 0.3 is 11.7 Å². The average molecular weight is 322 g/mol. The van der Waals surface area contributed by atoms with Crippen molar-refractivity contribution < 1.29 is 19.7 Å². The minimum atomic E-state index is -0.671. The van der Waals surface area contributed by atoms with Crippen LogP contribution >= 0.6 is 0 Å². The smallest absolute Gasteiger partial charge is 0.330 e. The molecule has 124 valence electrons. The predicted molar refractivity (Wildman–Crippen MR) is 79.7 cm³/mol. The van der Waals surface area contributed by atoms with Gasteiger partial charge < -0.3 is 14.9 Å². The standard InChI is InChI=1S/C15H18N2O6/c1-23-12(20)3-2-8-6-17(14(22)16-13(8)21)10-4-11(19)15(7-18)5-9(10)15/h2-3,6,9-11,18-19H,4-5,7H2,1H3,(H,16,21,22)/t9-,10+,11+,15-/m1/s1. The van der Waals surface area contributed by atoms with Crippen molar-refractivity contribution in [3.05, 3.63) is 38.7 Å². The van der Waals surface area contributed by atoms with Gasteiger partial charge in [-0.05, 0) is 24.8 Å². The van der Waals surface area contributed by atoms with Gasteiger partial charge in [0.1, 0.15) is 0 Å². The zero-order valence-electron chi connectivity index (χ0n) is 12.6. The average Bonchev–Trinajstić information content (AvgIpc) is 3.21. The molecule has 2 aliphatic rings. The number of ether oxygens (including phenoxy) is 1. The van der Waals surface area contributed by atoms with Crippen LogP contribution in [0.25, 0.3) is 6.08 Å². The summed E-state index contributed by atoms with van der Waals surface area (Å²) in [5.74, 6) is -0.608. The molecule has 2 aliphatic carbocycles. The van der Waals surface area contributed by atoms with Gasteiger partial charge in [0.15, 0.2) is 0 Å². The molecule has 4 atom stereocenters. The molecule has 1 aromatic heterocycles. The lowest BCUT2D eigenvalue weighted by atomic mass is 10.0. The van der Waals surface area contributed by atoms with E-state index in [0.29, 0.717) is 12.8 Å². The normalized spacial score (nSPS) is 32.0. The van der Waals surface area contributed by atoms with Gasteiger partial charge in [-0.3, -0.25) is 14.3 Å². The molecule has 8 heteroatoms. The van der Waals surface area contributed by atoms with Crippen LogP contribution in [-0.4, -0.2) is 45.6 Å². The number of hydrogen-bond acceptors (Lipinski definition) is 6. The predicted octanol–water partition coefficient (Wildman–Crippen LogP) is -0.973. The van der Waals surface area contributed by atoms with Crippen LogP contribution < -0.4 is 11.2 Å². The summed E-state index contributed by atoms with van der Waals surface area (Å²) < 4.78 is 5.84. The highest BCUT2D eigenvalue weighted by Crippen LogP contribution is 2.66. The van der Waals surface area contributed by atoms with Crippen LogP contribution in [0.4, 0.5) is 0 Å². The zero-order chi connectivity index (χ0) is 16.8. The number of hydrogen-bond donors (Lipinski definition) is 3. The van der Waals surface area contributed by atoms with E-state index in [1.165, 1.54) is 23.9 Å². The number of rotatable bonds is 4. The Morgan fingerprint density at radius 1 is 1.57 bits per heavy atom. The largest absolute Gasteiger partial charge is 0.466 e. The number of carbonyl (C=O) groups is 1. The molecule has 0 amide bonds. The molecule has 23 heavy (non-hydrogen) atoms. The van der Waals surface area contributed by atoms with E-state index in [4.69, 9.17) is 0 Å². The number of methoxy groups -OCH3 is 1. The lowest BCUT2D eigenvalue weighted by Gasteiger charge is -2.17. The number of aromatic amines is 1. The van der Waals surface area contributed by atoms with Crippen molar-refractivity contribution in [1.82, 2.24) is 9.55 Å². The Balaban J connectivity index is 1.95. The molecular weight excluding hydrogens is 304 g/mol. The number of H-pyrrole nitrogens is 1. The Kier molecular flexibility index (Phi) is 3.73. The molecule has 2 fully saturated rings. The molecule has 0 aliphatic heterocycles. The Hall–Kier alpha value is -2.19. The van der Waals surface area contributed by atoms with Gasteiger partial charge in [0, 0.05) is 23.7 Å². The fourth-order valence-electron chi connectivity index (χ4n) is 3.57. The minimum absolute atomic E-state index is 0.00328. The monoisotopic (exact) mass is 322 g/mol. The molecule has 3 rings (SSSR count). The summed E-state index contributed by atoms with van der Waals surface area (Å²) in [7, 11) is 1.22. The molecule has 0 saturated heterocycles. The number of aliphatic hydroxyl groups is 2. The maximum Gasteiger partial charge on any atom is 0.330 e. The van der Waals surface area contributed by atoms with Crippen LogP contribution in [0.15, 0.2) is 21.9 Å². The number of fused-ring (bicyclic) bond motifs is 1. The molecular formula is C15H18N2O6. The minimum Gasteiger partial charge on any atom is -0.466 e. The lowest BCUT2D eigenvalue weighted by molar-refractivity contribution is -0.134. The summed E-state index contributed by atoms with van der Waals surface area (Å²) in [5, 5.41) is 19.6. The molecule has 1 aromatic rings. The fourth-order valence-corrected chi connectivity index (χ4v) is 3.57. The second-order valence-electron chi connectivity index (χ2n) is 6.13. The van der Waals surface area contributed by atoms with E-state index in [-0.39, 0.29) is 24.1 Å². The van der Waals surface area contributed by atoms with Gasteiger partial charge in [-0.25, -0.2) is 9.59 Å². The lowest BCUT2D eigenvalue weighted by Crippen LogP contribution is -2.33. The summed E-state index contributed by atoms with van der Waals surface area (Å²) in [6.45, 7) is -0.122. The van der Waals surface area contributed by atoms with Gasteiger partial charge in [0.05, 0.1) is 25.4 Å². The summed E-state index contributed by atoms with van der Waals surface area (Å²) in [6, 6.07) is -0.285. The van der Waals surface area contributed by atoms with E-state index in [9.17, 15) is 24.6 Å². The first-order chi connectivity index (χ1) is 10.9. The second kappa shape index (κ2) is 5.47. The van der Waals surface area contributed by atoms with Gasteiger partial charge in [-0.1, -0.05) is 0 Å². The first-order valence-corrected chi connectivity index (χ1v) is 7.33. The van der Waals surface area contributed by atoms with Crippen molar-refractivity contribution in [1.29, 1.82) is 0 Å². The highest BCUT2D eigenvalue weighted by atomic mass is 16.5. The van der Waals surface area contributed by atoms with Gasteiger partial charge in [-0.15, -0.1) is 0 Å². The van der Waals surface area contributed by atoms with Crippen LogP contribution in [0.3, 0.4) is 0 Å². The molecule has 0 bridgehead atoms. The number of esters is 1. The number of carbonyl (C=O) groups excluding carboxylic acids is 1. The summed E-state index contributed by atoms with van der Waals surface area (Å²) >= 11 is 0. The summed E-state index contributed by atoms with van der Waals surface area (Å²) in [6.07, 6.45) is 4.07. The van der Waals surface area contributed by atoms with E-state index in [1.807, 2.05) is 0 Å². The SMILES string of the molecule is COC(=O)C=Cc1cn([C@H]2C[C@H](O)[C@@]3(CO)C[C@H]23)c(=O)[nH]c1=O. The Morgan fingerprint density at radius 3 is 2.87 bits per heavy atom. The van der Waals surface area contributed by atoms with E-state index in [2.05, 4.69) is 9.72 Å². The van der Waals surface area contributed by atoms with E-state index in [1.54, 1.807) is 0 Å². The van der Waals surface area contributed by atoms with Crippen molar-refractivity contribution in [2.24, 2.45) is 11.3 Å². The van der Waals surface area contributed by atoms with Gasteiger partial charge in [0.2, 0.25) is 0 Å². The van der Waals surface area contributed by atoms with Crippen molar-refractivity contribution in [2.75, 3.05) is 13.7 Å². The maximum absolute atomic E-state index is 12.1. The van der Waals surface area contributed by atoms with Crippen molar-refractivity contribution in [3.8, 4) is 0 Å². The third-order valence-electron chi connectivity index (χ3n) is 5.02. The van der Waals surface area contributed by atoms with Crippen LogP contribution in [0.5, 0.6) is 0 Å². The summed E-state index contributed by atoms with van der Waals surface area (Å²) in [4.78, 5) is 37.3. The third kappa shape index (κ3) is 2.43. The van der Waals surface area contributed by atoms with Crippen LogP contribution in [-0.2, 0) is 9.53 Å². The molecule has 0 aromatic carbocycles. The number of aromatic nitrogens is 2. The zero-order valence-corrected chi connectivity index (χ0v) is 12.6. The molecule has 3 N–H and O–H groups in total. The van der Waals surface area contributed by atoms with Crippen LogP contribution in [0, 0.1) is 11.3 Å². The number of nitrogens with one attached hydrogen (secondary N) is 1. The van der Waals surface area contributed by atoms with Crippen LogP contribution in [0.1, 0.15) is 24.4 Å². The molecule has 0 radical (unpaired) electrons. The maximum atomic E-state index is 12.1. The summed E-state index contributed by atoms with van der Waals surface area (Å²) in [5.41, 5.74) is -1.55. The Labute approximate surface area is 131 Å². The topological polar surface area (TPSA) is 122 Å². The Morgan fingerprint density at radius 2 is 2.30 bits per heavy atom. The van der Waals surface area contributed by atoms with Crippen molar-refractivity contribution in [3.63, 3.8) is 0 Å². The van der Waals surface area contributed by atoms with E-state index < -0.39 is 28.7 Å². The number of nitrogens with zero attached hydrogens (tertiary/aromatic N) is 1. The molecule has 2 saturated carbocycles. The first kappa shape index (κ1) is 15.7. The van der Waals surface area contributed by atoms with E-state index in [0.717, 1.165) is 6.08 Å². The highest BCUT2D eigenvalue weighted by molar-refractivity contribution is 5.86. The molecule has 0 spiro atoms. The Bertz CT molecular complexity index is 779. The quantitative estimate of drug-likeness (QED) is 0.484. The fraction of sp³-hybridized carbons (Fsp3) is 0.533. The third-order valence-corrected chi connectivity index (χ3v) is 5.02. The molecule has 1 heterocycles. The van der Waals surface area contributed by atoms with Crippen molar-refractivity contribution >= 4 is 12.0 Å². The molecule has 8 nitrogen and oxygen atoms in total. The highest BCUT2D eigenvalue weighted by Gasteiger charge is 2.67.